The van der Waals surface area contributed by atoms with Crippen molar-refractivity contribution in [1.82, 2.24) is 0 Å². The first-order chi connectivity index (χ1) is 11.2. The fourth-order valence-electron chi connectivity index (χ4n) is 2.76. The van der Waals surface area contributed by atoms with Crippen LogP contribution >= 0.6 is 0 Å². The Balaban J connectivity index is 2.17. The Labute approximate surface area is 138 Å². The predicted molar refractivity (Wildman–Crippen MR) is 93.8 cm³/mol. The molecule has 0 atom stereocenters. The first kappa shape index (κ1) is 17.1. The van der Waals surface area contributed by atoms with Gasteiger partial charge in [-0.3, -0.25) is 9.59 Å². The van der Waals surface area contributed by atoms with Gasteiger partial charge in [-0.1, -0.05) is 93.3 Å². The summed E-state index contributed by atoms with van der Waals surface area (Å²) >= 11 is 0. The third kappa shape index (κ3) is 4.88. The van der Waals surface area contributed by atoms with E-state index in [0.717, 1.165) is 25.7 Å². The van der Waals surface area contributed by atoms with Crippen molar-refractivity contribution in [3.8, 4) is 0 Å². The second-order valence-corrected chi connectivity index (χ2v) is 5.86. The number of benzene rings is 2. The van der Waals surface area contributed by atoms with E-state index in [-0.39, 0.29) is 11.6 Å². The van der Waals surface area contributed by atoms with Gasteiger partial charge in [0.05, 0.1) is 5.92 Å². The zero-order valence-electron chi connectivity index (χ0n) is 13.7. The van der Waals surface area contributed by atoms with Crippen LogP contribution in [0.4, 0.5) is 0 Å². The van der Waals surface area contributed by atoms with Crippen molar-refractivity contribution in [2.45, 2.75) is 39.0 Å². The molecule has 120 valence electrons. The quantitative estimate of drug-likeness (QED) is 0.356. The third-order valence-corrected chi connectivity index (χ3v) is 4.10. The number of carbonyl (C=O) groups is 2. The van der Waals surface area contributed by atoms with Gasteiger partial charge >= 0.3 is 0 Å². The highest BCUT2D eigenvalue weighted by molar-refractivity contribution is 6.16. The van der Waals surface area contributed by atoms with Crippen LogP contribution in [0.3, 0.4) is 0 Å². The summed E-state index contributed by atoms with van der Waals surface area (Å²) in [6.07, 6.45) is 4.89. The van der Waals surface area contributed by atoms with Crippen LogP contribution in [0.25, 0.3) is 0 Å². The van der Waals surface area contributed by atoms with Crippen LogP contribution < -0.4 is 0 Å². The van der Waals surface area contributed by atoms with Gasteiger partial charge in [-0.25, -0.2) is 0 Å². The Kier molecular flexibility index (Phi) is 6.74. The smallest absolute Gasteiger partial charge is 0.173 e. The van der Waals surface area contributed by atoms with Gasteiger partial charge < -0.3 is 0 Å². The first-order valence-electron chi connectivity index (χ1n) is 8.42. The Morgan fingerprint density at radius 2 is 1.22 bits per heavy atom. The number of carbonyl (C=O) groups excluding carboxylic acids is 2. The van der Waals surface area contributed by atoms with Crippen molar-refractivity contribution in [2.24, 2.45) is 5.92 Å². The number of hydrogen-bond acceptors (Lipinski definition) is 2. The highest BCUT2D eigenvalue weighted by Gasteiger charge is 2.27. The molecule has 0 aromatic heterocycles. The number of hydrogen-bond donors (Lipinski definition) is 0. The minimum atomic E-state index is -0.573. The van der Waals surface area contributed by atoms with Crippen molar-refractivity contribution < 1.29 is 9.59 Å². The second kappa shape index (κ2) is 9.04. The van der Waals surface area contributed by atoms with Gasteiger partial charge in [0.1, 0.15) is 0 Å². The number of ketones is 2. The van der Waals surface area contributed by atoms with Gasteiger partial charge in [0.15, 0.2) is 11.6 Å². The topological polar surface area (TPSA) is 34.1 Å². The minimum Gasteiger partial charge on any atom is -0.293 e. The maximum absolute atomic E-state index is 12.8. The summed E-state index contributed by atoms with van der Waals surface area (Å²) in [5.41, 5.74) is 1.24. The first-order valence-corrected chi connectivity index (χ1v) is 8.42. The standard InChI is InChI=1S/C21H24O2/c1-2-3-4-11-16-19(20(22)17-12-7-5-8-13-17)21(23)18-14-9-6-10-15-18/h5-10,12-15,19H,2-4,11,16H2,1H3. The fraction of sp³-hybridized carbons (Fsp3) is 0.333. The molecular formula is C21H24O2. The minimum absolute atomic E-state index is 0.0593. The van der Waals surface area contributed by atoms with Gasteiger partial charge in [-0.05, 0) is 6.42 Å². The Bertz CT molecular complexity index is 565. The summed E-state index contributed by atoms with van der Waals surface area (Å²) in [5, 5.41) is 0. The molecule has 0 amide bonds. The van der Waals surface area contributed by atoms with E-state index in [1.54, 1.807) is 24.3 Å². The van der Waals surface area contributed by atoms with Crippen LogP contribution in [0.2, 0.25) is 0 Å². The summed E-state index contributed by atoms with van der Waals surface area (Å²) in [6, 6.07) is 18.3. The molecule has 0 heterocycles. The van der Waals surface area contributed by atoms with E-state index >= 15 is 0 Å². The Morgan fingerprint density at radius 1 is 0.739 bits per heavy atom. The lowest BCUT2D eigenvalue weighted by molar-refractivity contribution is 0.0797. The molecule has 0 aliphatic rings. The lowest BCUT2D eigenvalue weighted by Crippen LogP contribution is -2.24. The average Bonchev–Trinajstić information content (AvgIpc) is 2.62. The van der Waals surface area contributed by atoms with Crippen LogP contribution in [-0.2, 0) is 0 Å². The van der Waals surface area contributed by atoms with E-state index in [1.165, 1.54) is 0 Å². The highest BCUT2D eigenvalue weighted by Crippen LogP contribution is 2.21. The van der Waals surface area contributed by atoms with Crippen LogP contribution in [-0.4, -0.2) is 11.6 Å². The van der Waals surface area contributed by atoms with Gasteiger partial charge in [0.25, 0.3) is 0 Å². The lowest BCUT2D eigenvalue weighted by atomic mass is 9.86. The molecule has 0 bridgehead atoms. The molecule has 0 fully saturated rings. The van der Waals surface area contributed by atoms with Crippen LogP contribution in [0.1, 0.15) is 59.7 Å². The molecule has 2 aromatic carbocycles. The largest absolute Gasteiger partial charge is 0.293 e. The molecule has 0 unspecified atom stereocenters. The molecule has 23 heavy (non-hydrogen) atoms. The van der Waals surface area contributed by atoms with Crippen LogP contribution in [0.5, 0.6) is 0 Å². The summed E-state index contributed by atoms with van der Waals surface area (Å²) in [6.45, 7) is 2.15. The molecule has 2 nitrogen and oxygen atoms in total. The van der Waals surface area contributed by atoms with E-state index in [0.29, 0.717) is 17.5 Å². The monoisotopic (exact) mass is 308 g/mol. The summed E-state index contributed by atoms with van der Waals surface area (Å²) in [7, 11) is 0. The Hall–Kier alpha value is -2.22. The van der Waals surface area contributed by atoms with E-state index in [9.17, 15) is 9.59 Å². The van der Waals surface area contributed by atoms with Crippen molar-refractivity contribution in [3.05, 3.63) is 71.8 Å². The molecule has 0 spiro atoms. The normalized spacial score (nSPS) is 10.7. The van der Waals surface area contributed by atoms with Crippen molar-refractivity contribution >= 4 is 11.6 Å². The van der Waals surface area contributed by atoms with Gasteiger partial charge in [-0.2, -0.15) is 0 Å². The Morgan fingerprint density at radius 3 is 1.65 bits per heavy atom. The van der Waals surface area contributed by atoms with Crippen molar-refractivity contribution in [1.29, 1.82) is 0 Å². The number of unbranched alkanes of at least 4 members (excludes halogenated alkanes) is 3. The predicted octanol–water partition coefficient (Wildman–Crippen LogP) is 5.34. The van der Waals surface area contributed by atoms with E-state index in [4.69, 9.17) is 0 Å². The van der Waals surface area contributed by atoms with Gasteiger partial charge in [0, 0.05) is 11.1 Å². The van der Waals surface area contributed by atoms with Crippen molar-refractivity contribution in [3.63, 3.8) is 0 Å². The molecule has 0 saturated heterocycles. The molecular weight excluding hydrogens is 284 g/mol. The maximum atomic E-state index is 12.8. The third-order valence-electron chi connectivity index (χ3n) is 4.10. The van der Waals surface area contributed by atoms with Crippen LogP contribution in [0, 0.1) is 5.92 Å². The van der Waals surface area contributed by atoms with Gasteiger partial charge in [0.2, 0.25) is 0 Å². The SMILES string of the molecule is CCCCCCC(C(=O)c1ccccc1)C(=O)c1ccccc1. The summed E-state index contributed by atoms with van der Waals surface area (Å²) < 4.78 is 0. The van der Waals surface area contributed by atoms with E-state index in [1.807, 2.05) is 36.4 Å². The van der Waals surface area contributed by atoms with Crippen molar-refractivity contribution in [2.75, 3.05) is 0 Å². The number of Topliss-reactive ketones (excluding diaryl/α,β-unsaturated/α-hetero) is 2. The highest BCUT2D eigenvalue weighted by atomic mass is 16.1. The molecule has 0 aliphatic heterocycles. The second-order valence-electron chi connectivity index (χ2n) is 5.86. The van der Waals surface area contributed by atoms with E-state index < -0.39 is 5.92 Å². The molecule has 0 radical (unpaired) electrons. The number of rotatable bonds is 9. The summed E-state index contributed by atoms with van der Waals surface area (Å²) in [4.78, 5) is 25.6. The molecule has 0 saturated carbocycles. The van der Waals surface area contributed by atoms with Crippen LogP contribution in [0.15, 0.2) is 60.7 Å². The van der Waals surface area contributed by atoms with Gasteiger partial charge in [-0.15, -0.1) is 0 Å². The molecule has 2 rings (SSSR count). The summed E-state index contributed by atoms with van der Waals surface area (Å²) in [5.74, 6) is -0.691. The zero-order valence-corrected chi connectivity index (χ0v) is 13.7. The molecule has 2 aromatic rings. The lowest BCUT2D eigenvalue weighted by Gasteiger charge is -2.15. The molecule has 0 N–H and O–H groups in total. The average molecular weight is 308 g/mol. The van der Waals surface area contributed by atoms with E-state index in [2.05, 4.69) is 6.92 Å². The molecule has 0 aliphatic carbocycles. The molecule has 2 heteroatoms. The maximum Gasteiger partial charge on any atom is 0.173 e. The fourth-order valence-corrected chi connectivity index (χ4v) is 2.76. The zero-order chi connectivity index (χ0) is 16.5.